The van der Waals surface area contributed by atoms with Crippen LogP contribution in [0.25, 0.3) is 5.76 Å². The molecule has 1 heterocycles. The summed E-state index contributed by atoms with van der Waals surface area (Å²) in [6.45, 7) is 4.56. The van der Waals surface area contributed by atoms with E-state index in [-0.39, 0.29) is 0 Å². The summed E-state index contributed by atoms with van der Waals surface area (Å²) in [5, 5.41) is 0. The van der Waals surface area contributed by atoms with E-state index < -0.39 is 8.32 Å². The fraction of sp³-hybridized carbons (Fsp3) is 0.333. The minimum Gasteiger partial charge on any atom is -0.544 e. The molecule has 74 valence electrons. The first-order valence-corrected chi connectivity index (χ1v) is 8.23. The van der Waals surface area contributed by atoms with Crippen LogP contribution in [0.3, 0.4) is 0 Å². The zero-order chi connectivity index (χ0) is 10.0. The van der Waals surface area contributed by atoms with Crippen molar-refractivity contribution in [3.8, 4) is 0 Å². The minimum absolute atomic E-state index is 1.09. The van der Waals surface area contributed by atoms with Crippen molar-refractivity contribution in [2.45, 2.75) is 25.6 Å². The average molecular weight is 204 g/mol. The second kappa shape index (κ2) is 3.62. The molecule has 0 bridgehead atoms. The summed E-state index contributed by atoms with van der Waals surface area (Å²) in [6.07, 6.45) is 3.39. The molecule has 1 nitrogen and oxygen atoms in total. The van der Waals surface area contributed by atoms with Crippen LogP contribution in [0.1, 0.15) is 12.0 Å². The van der Waals surface area contributed by atoms with E-state index in [1.807, 2.05) is 6.07 Å². The molecule has 1 aromatic rings. The highest BCUT2D eigenvalue weighted by Crippen LogP contribution is 2.29. The summed E-state index contributed by atoms with van der Waals surface area (Å²) < 4.78 is 6.06. The number of hydrogen-bond donors (Lipinski definition) is 0. The molecule has 0 spiro atoms. The molecular formula is C12H16OSi. The van der Waals surface area contributed by atoms with Gasteiger partial charge < -0.3 is 4.43 Å². The first-order chi connectivity index (χ1) is 6.67. The van der Waals surface area contributed by atoms with E-state index in [0.29, 0.717) is 0 Å². The molecule has 2 rings (SSSR count). The van der Waals surface area contributed by atoms with Crippen molar-refractivity contribution < 1.29 is 4.43 Å². The minimum atomic E-state index is -1.40. The third-order valence-corrected chi connectivity index (χ3v) is 4.79. The van der Waals surface area contributed by atoms with E-state index in [9.17, 15) is 0 Å². The summed E-state index contributed by atoms with van der Waals surface area (Å²) >= 11 is 0. The second-order valence-corrected chi connectivity index (χ2v) is 8.56. The Bertz CT molecular complexity index is 341. The normalized spacial score (nSPS) is 19.7. The van der Waals surface area contributed by atoms with Crippen LogP contribution in [0.5, 0.6) is 0 Å². The predicted octanol–water partition coefficient (Wildman–Crippen LogP) is 3.65. The zero-order valence-electron chi connectivity index (χ0n) is 8.79. The molecule has 14 heavy (non-hydrogen) atoms. The van der Waals surface area contributed by atoms with Crippen molar-refractivity contribution in [1.82, 2.24) is 0 Å². The first kappa shape index (κ1) is 9.53. The van der Waals surface area contributed by atoms with Crippen LogP contribution in [0.2, 0.25) is 19.1 Å². The molecule has 0 radical (unpaired) electrons. The van der Waals surface area contributed by atoms with Gasteiger partial charge in [0.15, 0.2) is 0 Å². The Morgan fingerprint density at radius 2 is 1.86 bits per heavy atom. The molecule has 0 amide bonds. The van der Waals surface area contributed by atoms with E-state index in [0.717, 1.165) is 5.76 Å². The fourth-order valence-electron chi connectivity index (χ4n) is 1.72. The van der Waals surface area contributed by atoms with E-state index in [2.05, 4.69) is 43.4 Å². The van der Waals surface area contributed by atoms with Crippen LogP contribution in [0, 0.1) is 0 Å². The topological polar surface area (TPSA) is 9.23 Å². The summed E-state index contributed by atoms with van der Waals surface area (Å²) in [7, 11) is -1.40. The Morgan fingerprint density at radius 1 is 1.14 bits per heavy atom. The maximum atomic E-state index is 6.06. The highest BCUT2D eigenvalue weighted by Gasteiger charge is 2.27. The van der Waals surface area contributed by atoms with Gasteiger partial charge in [-0.3, -0.25) is 0 Å². The van der Waals surface area contributed by atoms with Crippen molar-refractivity contribution in [1.29, 1.82) is 0 Å². The summed E-state index contributed by atoms with van der Waals surface area (Å²) in [5.74, 6) is 1.09. The number of allylic oxidation sites excluding steroid dienone is 1. The Balaban J connectivity index is 2.24. The van der Waals surface area contributed by atoms with Crippen molar-refractivity contribution in [2.75, 3.05) is 0 Å². The lowest BCUT2D eigenvalue weighted by atomic mass is 10.2. The van der Waals surface area contributed by atoms with E-state index in [4.69, 9.17) is 4.43 Å². The van der Waals surface area contributed by atoms with Crippen molar-refractivity contribution >= 4 is 14.1 Å². The molecule has 0 atom stereocenters. The number of hydrogen-bond acceptors (Lipinski definition) is 1. The first-order valence-electron chi connectivity index (χ1n) is 5.12. The molecule has 1 aliphatic heterocycles. The lowest BCUT2D eigenvalue weighted by Gasteiger charge is -2.29. The van der Waals surface area contributed by atoms with Gasteiger partial charge >= 0.3 is 0 Å². The monoisotopic (exact) mass is 204 g/mol. The van der Waals surface area contributed by atoms with E-state index in [1.165, 1.54) is 18.0 Å². The zero-order valence-corrected chi connectivity index (χ0v) is 9.79. The van der Waals surface area contributed by atoms with Crippen LogP contribution < -0.4 is 0 Å². The largest absolute Gasteiger partial charge is 0.544 e. The maximum absolute atomic E-state index is 6.06. The third kappa shape index (κ3) is 2.07. The predicted molar refractivity (Wildman–Crippen MR) is 62.4 cm³/mol. The smallest absolute Gasteiger partial charge is 0.245 e. The van der Waals surface area contributed by atoms with Gasteiger partial charge in [-0.2, -0.15) is 0 Å². The van der Waals surface area contributed by atoms with Gasteiger partial charge in [-0.25, -0.2) is 0 Å². The molecule has 1 aromatic carbocycles. The average Bonchev–Trinajstić information content (AvgIpc) is 2.18. The van der Waals surface area contributed by atoms with Gasteiger partial charge in [-0.05, 0) is 31.6 Å². The molecule has 0 aromatic heterocycles. The Labute approximate surface area is 86.5 Å². The molecule has 2 heteroatoms. The van der Waals surface area contributed by atoms with Crippen molar-refractivity contribution in [3.05, 3.63) is 42.0 Å². The Kier molecular flexibility index (Phi) is 2.46. The third-order valence-electron chi connectivity index (χ3n) is 2.52. The van der Waals surface area contributed by atoms with Crippen LogP contribution in [0.4, 0.5) is 0 Å². The molecule has 0 unspecified atom stereocenters. The molecular weight excluding hydrogens is 188 g/mol. The number of benzene rings is 1. The van der Waals surface area contributed by atoms with E-state index in [1.54, 1.807) is 0 Å². The van der Waals surface area contributed by atoms with Crippen LogP contribution in [-0.4, -0.2) is 8.32 Å². The van der Waals surface area contributed by atoms with E-state index >= 15 is 0 Å². The molecule has 1 aliphatic rings. The Morgan fingerprint density at radius 3 is 2.50 bits per heavy atom. The van der Waals surface area contributed by atoms with Gasteiger partial charge in [0, 0.05) is 5.56 Å². The molecule has 0 saturated carbocycles. The fourth-order valence-corrected chi connectivity index (χ4v) is 3.46. The van der Waals surface area contributed by atoms with Crippen LogP contribution in [-0.2, 0) is 4.43 Å². The quantitative estimate of drug-likeness (QED) is 0.634. The summed E-state index contributed by atoms with van der Waals surface area (Å²) in [4.78, 5) is 0. The lowest BCUT2D eigenvalue weighted by Crippen LogP contribution is -2.31. The highest BCUT2D eigenvalue weighted by molar-refractivity contribution is 6.72. The Hall–Kier alpha value is -1.02. The standard InChI is InChI=1S/C12H16OSi/c1-14(2)10-6-9-12(13-14)11-7-4-3-5-8-11/h3-5,7-9H,6,10H2,1-2H3. The van der Waals surface area contributed by atoms with Gasteiger partial charge in [-0.15, -0.1) is 0 Å². The lowest BCUT2D eigenvalue weighted by molar-refractivity contribution is 0.491. The molecule has 0 saturated heterocycles. The molecule has 0 N–H and O–H groups in total. The summed E-state index contributed by atoms with van der Waals surface area (Å²) in [6, 6.07) is 11.6. The molecule has 0 fully saturated rings. The van der Waals surface area contributed by atoms with Crippen LogP contribution in [0.15, 0.2) is 36.4 Å². The highest BCUT2D eigenvalue weighted by atomic mass is 28.4. The van der Waals surface area contributed by atoms with Gasteiger partial charge in [-0.1, -0.05) is 30.3 Å². The van der Waals surface area contributed by atoms with Crippen molar-refractivity contribution in [3.63, 3.8) is 0 Å². The van der Waals surface area contributed by atoms with Gasteiger partial charge in [0.05, 0.1) is 0 Å². The van der Waals surface area contributed by atoms with Gasteiger partial charge in [0.2, 0.25) is 8.32 Å². The van der Waals surface area contributed by atoms with Gasteiger partial charge in [0.25, 0.3) is 0 Å². The van der Waals surface area contributed by atoms with Crippen LogP contribution >= 0.6 is 0 Å². The molecule has 0 aliphatic carbocycles. The van der Waals surface area contributed by atoms with Crippen molar-refractivity contribution in [2.24, 2.45) is 0 Å². The number of rotatable bonds is 1. The second-order valence-electron chi connectivity index (χ2n) is 4.33. The SMILES string of the molecule is C[Si]1(C)CCC=C(c2ccccc2)O1. The van der Waals surface area contributed by atoms with Gasteiger partial charge in [0.1, 0.15) is 5.76 Å². The summed E-state index contributed by atoms with van der Waals surface area (Å²) in [5.41, 5.74) is 1.22. The maximum Gasteiger partial charge on any atom is 0.245 e.